The summed E-state index contributed by atoms with van der Waals surface area (Å²) < 4.78 is 13.7. The number of methoxy groups -OCH3 is 2. The van der Waals surface area contributed by atoms with Crippen molar-refractivity contribution >= 4 is 5.91 Å². The molecular formula is C21H23N5O4. The zero-order chi connectivity index (χ0) is 21.1. The monoisotopic (exact) mass is 409 g/mol. The Hall–Kier alpha value is -3.62. The number of carbonyl (C=O) groups is 1. The van der Waals surface area contributed by atoms with Crippen LogP contribution in [0.4, 0.5) is 0 Å². The molecule has 1 fully saturated rings. The SMILES string of the molecule is COc1cccc(C(=O)NCCn2nc(-c3cccnc3)n(C3CC3)c2=O)c1OC. The topological polar surface area (TPSA) is 100 Å². The van der Waals surface area contributed by atoms with E-state index in [0.29, 0.717) is 22.9 Å². The Kier molecular flexibility index (Phi) is 5.51. The molecular weight excluding hydrogens is 386 g/mol. The third-order valence-electron chi connectivity index (χ3n) is 4.96. The van der Waals surface area contributed by atoms with Gasteiger partial charge in [0, 0.05) is 30.5 Å². The van der Waals surface area contributed by atoms with E-state index in [9.17, 15) is 9.59 Å². The van der Waals surface area contributed by atoms with Gasteiger partial charge >= 0.3 is 5.69 Å². The van der Waals surface area contributed by atoms with Gasteiger partial charge in [-0.2, -0.15) is 0 Å². The van der Waals surface area contributed by atoms with Crippen molar-refractivity contribution in [1.29, 1.82) is 0 Å². The number of rotatable bonds is 8. The molecule has 9 nitrogen and oxygen atoms in total. The molecule has 1 N–H and O–H groups in total. The lowest BCUT2D eigenvalue weighted by atomic mass is 10.1. The van der Waals surface area contributed by atoms with Crippen LogP contribution in [-0.4, -0.2) is 46.0 Å². The first-order chi connectivity index (χ1) is 14.6. The highest BCUT2D eigenvalue weighted by Gasteiger charge is 2.30. The van der Waals surface area contributed by atoms with Crippen LogP contribution in [0, 0.1) is 0 Å². The van der Waals surface area contributed by atoms with Crippen molar-refractivity contribution in [3.05, 3.63) is 58.8 Å². The number of hydrogen-bond acceptors (Lipinski definition) is 6. The number of para-hydroxylation sites is 1. The van der Waals surface area contributed by atoms with Crippen LogP contribution in [0.2, 0.25) is 0 Å². The number of hydrogen-bond donors (Lipinski definition) is 1. The highest BCUT2D eigenvalue weighted by Crippen LogP contribution is 2.36. The number of nitrogens with one attached hydrogen (secondary N) is 1. The lowest BCUT2D eigenvalue weighted by Crippen LogP contribution is -2.32. The lowest BCUT2D eigenvalue weighted by Gasteiger charge is -2.12. The molecule has 0 bridgehead atoms. The highest BCUT2D eigenvalue weighted by atomic mass is 16.5. The quantitative estimate of drug-likeness (QED) is 0.610. The molecule has 1 amide bonds. The molecule has 156 valence electrons. The maximum absolute atomic E-state index is 12.9. The van der Waals surface area contributed by atoms with Crippen LogP contribution in [0.1, 0.15) is 29.2 Å². The van der Waals surface area contributed by atoms with E-state index < -0.39 is 0 Å². The molecule has 0 aliphatic heterocycles. The second-order valence-corrected chi connectivity index (χ2v) is 6.97. The highest BCUT2D eigenvalue weighted by molar-refractivity contribution is 5.97. The zero-order valence-corrected chi connectivity index (χ0v) is 16.9. The van der Waals surface area contributed by atoms with E-state index >= 15 is 0 Å². The van der Waals surface area contributed by atoms with E-state index in [2.05, 4.69) is 15.4 Å². The van der Waals surface area contributed by atoms with Gasteiger partial charge in [-0.15, -0.1) is 5.10 Å². The molecule has 3 aromatic rings. The Morgan fingerprint density at radius 2 is 2.03 bits per heavy atom. The average Bonchev–Trinajstić information content (AvgIpc) is 3.57. The Balaban J connectivity index is 1.50. The first-order valence-electron chi connectivity index (χ1n) is 9.73. The molecule has 1 saturated carbocycles. The van der Waals surface area contributed by atoms with Crippen molar-refractivity contribution in [1.82, 2.24) is 24.6 Å². The van der Waals surface area contributed by atoms with Crippen molar-refractivity contribution < 1.29 is 14.3 Å². The molecule has 1 aliphatic carbocycles. The molecule has 4 rings (SSSR count). The fourth-order valence-corrected chi connectivity index (χ4v) is 3.36. The zero-order valence-electron chi connectivity index (χ0n) is 16.9. The summed E-state index contributed by atoms with van der Waals surface area (Å²) >= 11 is 0. The third-order valence-corrected chi connectivity index (χ3v) is 4.96. The number of carbonyl (C=O) groups excluding carboxylic acids is 1. The van der Waals surface area contributed by atoms with E-state index in [1.165, 1.54) is 18.9 Å². The minimum Gasteiger partial charge on any atom is -0.493 e. The average molecular weight is 409 g/mol. The fraction of sp³-hybridized carbons (Fsp3) is 0.333. The second kappa shape index (κ2) is 8.40. The molecule has 0 spiro atoms. The minimum atomic E-state index is -0.312. The van der Waals surface area contributed by atoms with Crippen LogP contribution in [0.15, 0.2) is 47.5 Å². The maximum Gasteiger partial charge on any atom is 0.346 e. The minimum absolute atomic E-state index is 0.176. The van der Waals surface area contributed by atoms with Crippen molar-refractivity contribution in [2.24, 2.45) is 0 Å². The molecule has 1 aromatic carbocycles. The second-order valence-electron chi connectivity index (χ2n) is 6.97. The lowest BCUT2D eigenvalue weighted by molar-refractivity contribution is 0.0948. The van der Waals surface area contributed by atoms with E-state index in [1.54, 1.807) is 35.2 Å². The summed E-state index contributed by atoms with van der Waals surface area (Å²) in [5, 5.41) is 7.32. The van der Waals surface area contributed by atoms with Crippen molar-refractivity contribution in [2.75, 3.05) is 20.8 Å². The first-order valence-corrected chi connectivity index (χ1v) is 9.73. The van der Waals surface area contributed by atoms with Gasteiger partial charge in [0.1, 0.15) is 0 Å². The van der Waals surface area contributed by atoms with Crippen molar-refractivity contribution in [3.8, 4) is 22.9 Å². The Bertz CT molecular complexity index is 1100. The summed E-state index contributed by atoms with van der Waals surface area (Å²) in [6.07, 6.45) is 5.31. The first kappa shape index (κ1) is 19.7. The van der Waals surface area contributed by atoms with Crippen LogP contribution in [0.25, 0.3) is 11.4 Å². The predicted octanol–water partition coefficient (Wildman–Crippen LogP) is 1.89. The van der Waals surface area contributed by atoms with Crippen LogP contribution < -0.4 is 20.5 Å². The number of pyridine rings is 1. The summed E-state index contributed by atoms with van der Waals surface area (Å²) in [4.78, 5) is 29.6. The van der Waals surface area contributed by atoms with Gasteiger partial charge in [-0.05, 0) is 37.1 Å². The normalized spacial score (nSPS) is 13.1. The van der Waals surface area contributed by atoms with Gasteiger partial charge in [0.05, 0.1) is 26.3 Å². The Labute approximate surface area is 173 Å². The number of aromatic nitrogens is 4. The van der Waals surface area contributed by atoms with Gasteiger partial charge in [-0.3, -0.25) is 14.3 Å². The van der Waals surface area contributed by atoms with Crippen LogP contribution >= 0.6 is 0 Å². The number of ether oxygens (including phenoxy) is 2. The number of benzene rings is 1. The standard InChI is InChI=1S/C21H23N5O4/c1-29-17-7-3-6-16(18(17)30-2)20(27)23-11-12-25-21(28)26(15-8-9-15)19(24-25)14-5-4-10-22-13-14/h3-7,10,13,15H,8-9,11-12H2,1-2H3,(H,23,27). The van der Waals surface area contributed by atoms with Crippen LogP contribution in [-0.2, 0) is 6.54 Å². The Morgan fingerprint density at radius 1 is 1.20 bits per heavy atom. The van der Waals surface area contributed by atoms with Gasteiger partial charge in [0.2, 0.25) is 0 Å². The number of nitrogens with zero attached hydrogens (tertiary/aromatic N) is 4. The van der Waals surface area contributed by atoms with Gasteiger partial charge in [-0.25, -0.2) is 9.48 Å². The van der Waals surface area contributed by atoms with Crippen molar-refractivity contribution in [3.63, 3.8) is 0 Å². The molecule has 30 heavy (non-hydrogen) atoms. The third kappa shape index (κ3) is 3.78. The molecule has 0 atom stereocenters. The van der Waals surface area contributed by atoms with Gasteiger partial charge in [0.15, 0.2) is 17.3 Å². The molecule has 9 heteroatoms. The van der Waals surface area contributed by atoms with Crippen molar-refractivity contribution in [2.45, 2.75) is 25.4 Å². The molecule has 1 aliphatic rings. The van der Waals surface area contributed by atoms with Gasteiger partial charge in [-0.1, -0.05) is 6.07 Å². The summed E-state index contributed by atoms with van der Waals surface area (Å²) in [5.41, 5.74) is 0.985. The molecule has 2 aromatic heterocycles. The van der Waals surface area contributed by atoms with E-state index in [0.717, 1.165) is 18.4 Å². The predicted molar refractivity (Wildman–Crippen MR) is 110 cm³/mol. The molecule has 0 unspecified atom stereocenters. The summed E-state index contributed by atoms with van der Waals surface area (Å²) in [6, 6.07) is 8.98. The van der Waals surface area contributed by atoms with E-state index in [4.69, 9.17) is 9.47 Å². The van der Waals surface area contributed by atoms with E-state index in [1.807, 2.05) is 12.1 Å². The van der Waals surface area contributed by atoms with Crippen LogP contribution in [0.5, 0.6) is 11.5 Å². The van der Waals surface area contributed by atoms with E-state index in [-0.39, 0.29) is 30.7 Å². The number of amides is 1. The largest absolute Gasteiger partial charge is 0.493 e. The molecule has 2 heterocycles. The molecule has 0 saturated heterocycles. The summed E-state index contributed by atoms with van der Waals surface area (Å²) in [7, 11) is 3.00. The Morgan fingerprint density at radius 3 is 2.70 bits per heavy atom. The molecule has 0 radical (unpaired) electrons. The summed E-state index contributed by atoms with van der Waals surface area (Å²) in [5.74, 6) is 1.14. The smallest absolute Gasteiger partial charge is 0.346 e. The summed E-state index contributed by atoms with van der Waals surface area (Å²) in [6.45, 7) is 0.497. The fourth-order valence-electron chi connectivity index (χ4n) is 3.36. The van der Waals surface area contributed by atoms with Crippen LogP contribution in [0.3, 0.4) is 0 Å². The van der Waals surface area contributed by atoms with Gasteiger partial charge in [0.25, 0.3) is 5.91 Å². The van der Waals surface area contributed by atoms with Gasteiger partial charge < -0.3 is 14.8 Å². The maximum atomic E-state index is 12.9.